The van der Waals surface area contributed by atoms with Crippen LogP contribution < -0.4 is 17.1 Å². The minimum Gasteiger partial charge on any atom is -0.508 e. The van der Waals surface area contributed by atoms with Gasteiger partial charge in [0.2, 0.25) is 0 Å². The maximum atomic E-state index is 14.5. The molecule has 4 rings (SSSR count). The number of benzene rings is 3. The minimum absolute atomic E-state index is 0.0710. The van der Waals surface area contributed by atoms with E-state index in [1.807, 2.05) is 128 Å². The lowest BCUT2D eigenvalue weighted by atomic mass is 9.78. The lowest BCUT2D eigenvalue weighted by molar-refractivity contribution is 0.421. The smallest absolute Gasteiger partial charge is 0.336 e. The van der Waals surface area contributed by atoms with E-state index < -0.39 is 44.1 Å². The van der Waals surface area contributed by atoms with Crippen molar-refractivity contribution in [1.29, 1.82) is 0 Å². The van der Waals surface area contributed by atoms with Crippen LogP contribution in [0.3, 0.4) is 0 Å². The third-order valence-corrected chi connectivity index (χ3v) is 9.87. The Hall–Kier alpha value is -4.53. The summed E-state index contributed by atoms with van der Waals surface area (Å²) in [5, 5.41) is 33.1. The maximum Gasteiger partial charge on any atom is 0.336 e. The second-order valence-corrected chi connectivity index (χ2v) is 19.8. The fourth-order valence-corrected chi connectivity index (χ4v) is 6.88. The Morgan fingerprint density at radius 2 is 0.698 bits per heavy atom. The van der Waals surface area contributed by atoms with Gasteiger partial charge in [-0.1, -0.05) is 110 Å². The van der Waals surface area contributed by atoms with Crippen LogP contribution in [0.1, 0.15) is 148 Å². The Morgan fingerprint density at radius 1 is 0.415 bits per heavy atom. The maximum absolute atomic E-state index is 14.5. The van der Waals surface area contributed by atoms with Crippen LogP contribution in [0.4, 0.5) is 0 Å². The van der Waals surface area contributed by atoms with Gasteiger partial charge in [-0.15, -0.1) is 0 Å². The van der Waals surface area contributed by atoms with Gasteiger partial charge in [0.25, 0.3) is 0 Å². The molecule has 0 spiro atoms. The van der Waals surface area contributed by atoms with Crippen molar-refractivity contribution in [2.24, 2.45) is 0 Å². The Labute approximate surface area is 314 Å². The first-order valence-electron chi connectivity index (χ1n) is 18.4. The molecule has 9 heteroatoms. The molecule has 9 nitrogen and oxygen atoms in total. The first kappa shape index (κ1) is 41.2. The second kappa shape index (κ2) is 13.7. The number of rotatable bonds is 6. The molecule has 0 radical (unpaired) electrons. The van der Waals surface area contributed by atoms with E-state index >= 15 is 0 Å². The summed E-state index contributed by atoms with van der Waals surface area (Å²) in [6.07, 6.45) is 0. The molecule has 53 heavy (non-hydrogen) atoms. The van der Waals surface area contributed by atoms with Crippen molar-refractivity contribution >= 4 is 0 Å². The second-order valence-electron chi connectivity index (χ2n) is 19.8. The van der Waals surface area contributed by atoms with Gasteiger partial charge in [-0.25, -0.2) is 28.1 Å². The van der Waals surface area contributed by atoms with Gasteiger partial charge in [-0.2, -0.15) is 0 Å². The van der Waals surface area contributed by atoms with E-state index in [2.05, 4.69) is 0 Å². The lowest BCUT2D eigenvalue weighted by Crippen LogP contribution is -2.55. The first-order valence-corrected chi connectivity index (χ1v) is 18.4. The predicted octanol–water partition coefficient (Wildman–Crippen LogP) is 7.92. The van der Waals surface area contributed by atoms with E-state index in [9.17, 15) is 29.7 Å². The van der Waals surface area contributed by atoms with Crippen molar-refractivity contribution in [3.63, 3.8) is 0 Å². The van der Waals surface area contributed by atoms with E-state index in [1.165, 1.54) is 6.07 Å². The number of aromatic hydroxyl groups is 3. The van der Waals surface area contributed by atoms with E-state index in [4.69, 9.17) is 0 Å². The zero-order valence-corrected chi connectivity index (χ0v) is 34.6. The Bertz CT molecular complexity index is 2030. The van der Waals surface area contributed by atoms with Gasteiger partial charge >= 0.3 is 17.1 Å². The van der Waals surface area contributed by atoms with Crippen LogP contribution in [-0.4, -0.2) is 29.0 Å². The zero-order chi connectivity index (χ0) is 40.4. The molecule has 3 aromatic carbocycles. The number of phenols is 3. The normalized spacial score (nSPS) is 13.1. The van der Waals surface area contributed by atoms with Crippen LogP contribution >= 0.6 is 0 Å². The number of hydrogen-bond acceptors (Lipinski definition) is 6. The average Bonchev–Trinajstić information content (AvgIpc) is 2.98. The highest BCUT2D eigenvalue weighted by Gasteiger charge is 2.30. The van der Waals surface area contributed by atoms with E-state index in [0.717, 1.165) is 19.3 Å². The molecule has 0 amide bonds. The van der Waals surface area contributed by atoms with Gasteiger partial charge in [-0.3, -0.25) is 0 Å². The minimum atomic E-state index is -0.761. The summed E-state index contributed by atoms with van der Waals surface area (Å²) < 4.78 is 3.29. The van der Waals surface area contributed by atoms with Crippen molar-refractivity contribution in [2.45, 2.75) is 151 Å². The number of phenolic OH excluding ortho intramolecular Hbond substituents is 3. The molecule has 0 atom stereocenters. The molecule has 0 fully saturated rings. The Balaban J connectivity index is 2.08. The highest BCUT2D eigenvalue weighted by molar-refractivity contribution is 5.51. The third kappa shape index (κ3) is 8.66. The summed E-state index contributed by atoms with van der Waals surface area (Å²) in [5.74, 6) is 0.436. The van der Waals surface area contributed by atoms with Gasteiger partial charge in [0.05, 0.1) is 19.6 Å². The van der Waals surface area contributed by atoms with Crippen molar-refractivity contribution < 1.29 is 15.3 Å². The van der Waals surface area contributed by atoms with Crippen molar-refractivity contribution in [1.82, 2.24) is 13.7 Å². The molecule has 0 aliphatic carbocycles. The molecule has 0 bridgehead atoms. The standard InChI is InChI=1S/C44H61N3O6/c1-40(2,3)30-22-29(48)17-16-28(30)25-47-38(52)45(23-26-18-31(41(4,5)6)35(49)32(19-26)42(7,8)9)37(51)46(39(47)53)24-27-20-33(43(10,11)12)36(50)34(21-27)44(13,14)15/h16-22,48-50H,23-25H2,1-15H3. The van der Waals surface area contributed by atoms with Crippen molar-refractivity contribution in [3.8, 4) is 17.2 Å². The van der Waals surface area contributed by atoms with Crippen LogP contribution in [0.15, 0.2) is 56.8 Å². The Morgan fingerprint density at radius 3 is 0.981 bits per heavy atom. The van der Waals surface area contributed by atoms with Gasteiger partial charge < -0.3 is 15.3 Å². The van der Waals surface area contributed by atoms with Crippen molar-refractivity contribution in [3.05, 3.63) is 118 Å². The summed E-state index contributed by atoms with van der Waals surface area (Å²) in [4.78, 5) is 43.5. The topological polar surface area (TPSA) is 127 Å². The molecule has 0 aliphatic rings. The summed E-state index contributed by atoms with van der Waals surface area (Å²) in [5.41, 5.74) is 0.980. The number of nitrogens with zero attached hydrogens (tertiary/aromatic N) is 3. The van der Waals surface area contributed by atoms with E-state index in [1.54, 1.807) is 12.1 Å². The molecule has 0 saturated heterocycles. The SMILES string of the molecule is CC(C)(C)c1cc(O)ccc1Cn1c(=O)n(Cc2cc(C(C)(C)C)c(O)c(C(C)(C)C)c2)c(=O)n(Cc2cc(C(C)(C)C)c(O)c(C(C)(C)C)c2)c1=O. The quantitative estimate of drug-likeness (QED) is 0.185. The monoisotopic (exact) mass is 727 g/mol. The largest absolute Gasteiger partial charge is 0.508 e. The van der Waals surface area contributed by atoms with E-state index in [-0.39, 0.29) is 36.9 Å². The van der Waals surface area contributed by atoms with Crippen LogP contribution in [0.25, 0.3) is 0 Å². The van der Waals surface area contributed by atoms with Crippen LogP contribution in [0, 0.1) is 0 Å². The molecule has 0 saturated carbocycles. The third-order valence-electron chi connectivity index (χ3n) is 9.87. The molecular weight excluding hydrogens is 666 g/mol. The molecule has 1 aromatic heterocycles. The number of aromatic nitrogens is 3. The highest BCUT2D eigenvalue weighted by atomic mass is 16.3. The van der Waals surface area contributed by atoms with Gasteiger partial charge in [0.1, 0.15) is 17.2 Å². The molecule has 288 valence electrons. The van der Waals surface area contributed by atoms with E-state index in [0.29, 0.717) is 38.9 Å². The number of hydrogen-bond donors (Lipinski definition) is 3. The summed E-state index contributed by atoms with van der Waals surface area (Å²) >= 11 is 0. The Kier molecular flexibility index (Phi) is 10.7. The molecule has 1 heterocycles. The molecule has 4 aromatic rings. The summed E-state index contributed by atoms with van der Waals surface area (Å²) in [7, 11) is 0. The fourth-order valence-electron chi connectivity index (χ4n) is 6.88. The zero-order valence-electron chi connectivity index (χ0n) is 34.6. The predicted molar refractivity (Wildman–Crippen MR) is 214 cm³/mol. The molecule has 3 N–H and O–H groups in total. The van der Waals surface area contributed by atoms with Crippen LogP contribution in [-0.2, 0) is 46.7 Å². The lowest BCUT2D eigenvalue weighted by Gasteiger charge is -2.28. The molecule has 0 aliphatic heterocycles. The molecule has 0 unspecified atom stereocenters. The molecular formula is C44H61N3O6. The highest BCUT2D eigenvalue weighted by Crippen LogP contribution is 2.41. The van der Waals surface area contributed by atoms with Crippen molar-refractivity contribution in [2.75, 3.05) is 0 Å². The van der Waals surface area contributed by atoms with Crippen LogP contribution in [0.2, 0.25) is 0 Å². The first-order chi connectivity index (χ1) is 23.9. The van der Waals surface area contributed by atoms with Crippen LogP contribution in [0.5, 0.6) is 17.2 Å². The summed E-state index contributed by atoms with van der Waals surface area (Å²) in [6.45, 7) is 29.5. The van der Waals surface area contributed by atoms with Gasteiger partial charge in [0, 0.05) is 0 Å². The van der Waals surface area contributed by atoms with Gasteiger partial charge in [0.15, 0.2) is 0 Å². The van der Waals surface area contributed by atoms with Gasteiger partial charge in [-0.05, 0) is 108 Å². The average molecular weight is 728 g/mol. The summed E-state index contributed by atoms with van der Waals surface area (Å²) in [6, 6.07) is 12.2. The fraction of sp³-hybridized carbons (Fsp3) is 0.523.